The highest BCUT2D eigenvalue weighted by Crippen LogP contribution is 2.20. The van der Waals surface area contributed by atoms with Crippen LogP contribution in [0, 0.1) is 12.3 Å². The summed E-state index contributed by atoms with van der Waals surface area (Å²) in [6, 6.07) is 3.74. The van der Waals surface area contributed by atoms with Crippen LogP contribution in [0.2, 0.25) is 0 Å². The van der Waals surface area contributed by atoms with E-state index < -0.39 is 0 Å². The topological polar surface area (TPSA) is 49.6 Å². The minimum absolute atomic E-state index is 0.757. The molecule has 0 aliphatic rings. The lowest BCUT2D eigenvalue weighted by Gasteiger charge is -2.07. The van der Waals surface area contributed by atoms with Gasteiger partial charge in [-0.15, -0.1) is 0 Å². The third-order valence-corrected chi connectivity index (χ3v) is 2.36. The molecule has 0 amide bonds. The Kier molecular flexibility index (Phi) is 2.29. The van der Waals surface area contributed by atoms with E-state index in [-0.39, 0.29) is 0 Å². The van der Waals surface area contributed by atoms with Crippen LogP contribution in [0.15, 0.2) is 24.9 Å². The van der Waals surface area contributed by atoms with Crippen molar-refractivity contribution < 1.29 is 0 Å². The number of nitrogens with one attached hydrogen (secondary N) is 1. The number of pyridine rings is 2. The van der Waals surface area contributed by atoms with Crippen molar-refractivity contribution in [1.82, 2.24) is 9.97 Å². The molecule has 0 saturated carbocycles. The molecule has 2 aromatic rings. The highest BCUT2D eigenvalue weighted by Gasteiger charge is 2.08. The molecule has 0 radical (unpaired) electrons. The monoisotopic (exact) mass is 197 g/mol. The largest absolute Gasteiger partial charge is 0.308 e. The molecule has 0 atom stereocenters. The zero-order chi connectivity index (χ0) is 10.8. The summed E-state index contributed by atoms with van der Waals surface area (Å²) in [6.45, 7) is 5.65. The van der Waals surface area contributed by atoms with Crippen molar-refractivity contribution in [3.05, 3.63) is 41.7 Å². The summed E-state index contributed by atoms with van der Waals surface area (Å²) in [5.74, 6) is 0. The Bertz CT molecular complexity index is 544. The third-order valence-electron chi connectivity index (χ3n) is 2.36. The Labute approximate surface area is 88.0 Å². The molecule has 0 aromatic carbocycles. The van der Waals surface area contributed by atoms with Gasteiger partial charge in [-0.05, 0) is 19.1 Å². The molecule has 0 aliphatic carbocycles. The molecule has 1 N–H and O–H groups in total. The second kappa shape index (κ2) is 3.61. The normalized spacial score (nSPS) is 10.2. The van der Waals surface area contributed by atoms with Crippen molar-refractivity contribution in [1.29, 1.82) is 5.41 Å². The summed E-state index contributed by atoms with van der Waals surface area (Å²) in [5.41, 5.74) is 4.13. The van der Waals surface area contributed by atoms with Crippen LogP contribution in [0.5, 0.6) is 0 Å². The van der Waals surface area contributed by atoms with Crippen molar-refractivity contribution >= 4 is 23.3 Å². The van der Waals surface area contributed by atoms with E-state index in [1.54, 1.807) is 12.3 Å². The Morgan fingerprint density at radius 2 is 2.20 bits per heavy atom. The Morgan fingerprint density at radius 3 is 2.87 bits per heavy atom. The predicted octanol–water partition coefficient (Wildman–Crippen LogP) is 2.58. The van der Waals surface area contributed by atoms with Crippen molar-refractivity contribution in [3.63, 3.8) is 0 Å². The fourth-order valence-electron chi connectivity index (χ4n) is 1.66. The molecule has 2 rings (SSSR count). The second-order valence-corrected chi connectivity index (χ2v) is 3.24. The van der Waals surface area contributed by atoms with Gasteiger partial charge in [-0.25, -0.2) is 0 Å². The molecule has 3 heteroatoms. The average molecular weight is 197 g/mol. The van der Waals surface area contributed by atoms with Crippen LogP contribution in [-0.2, 0) is 0 Å². The van der Waals surface area contributed by atoms with Gasteiger partial charge < -0.3 is 5.41 Å². The summed E-state index contributed by atoms with van der Waals surface area (Å²) in [5, 5.41) is 7.43. The maximum absolute atomic E-state index is 7.43. The van der Waals surface area contributed by atoms with Crippen LogP contribution in [0.4, 0.5) is 0 Å². The van der Waals surface area contributed by atoms with Gasteiger partial charge >= 0.3 is 0 Å². The lowest BCUT2D eigenvalue weighted by Crippen LogP contribution is -1.98. The molecule has 0 bridgehead atoms. The molecule has 0 unspecified atom stereocenters. The zero-order valence-electron chi connectivity index (χ0n) is 8.49. The van der Waals surface area contributed by atoms with Crippen LogP contribution >= 0.6 is 0 Å². The van der Waals surface area contributed by atoms with Gasteiger partial charge in [-0.3, -0.25) is 9.97 Å². The summed E-state index contributed by atoms with van der Waals surface area (Å²) >= 11 is 0. The fraction of sp³-hybridized carbons (Fsp3) is 0.0833. The van der Waals surface area contributed by atoms with Gasteiger partial charge in [0.05, 0.1) is 11.0 Å². The molecule has 0 fully saturated rings. The maximum atomic E-state index is 7.43. The molecule has 74 valence electrons. The van der Waals surface area contributed by atoms with E-state index in [1.807, 2.05) is 19.1 Å². The van der Waals surface area contributed by atoms with Crippen molar-refractivity contribution in [3.8, 4) is 0 Å². The number of hydrogen-bond donors (Lipinski definition) is 1. The van der Waals surface area contributed by atoms with E-state index >= 15 is 0 Å². The van der Waals surface area contributed by atoms with Crippen LogP contribution in [0.1, 0.15) is 16.8 Å². The quantitative estimate of drug-likeness (QED) is 0.752. The van der Waals surface area contributed by atoms with Gasteiger partial charge in [-0.1, -0.05) is 12.7 Å². The lowest BCUT2D eigenvalue weighted by molar-refractivity contribution is 1.22. The number of nitrogens with zero attached hydrogens (tertiary/aromatic N) is 2. The lowest BCUT2D eigenvalue weighted by atomic mass is 10.1. The number of rotatable bonds is 2. The summed E-state index contributed by atoms with van der Waals surface area (Å²) in [4.78, 5) is 8.66. The molecule has 2 aromatic heterocycles. The highest BCUT2D eigenvalue weighted by atomic mass is 14.8. The van der Waals surface area contributed by atoms with E-state index in [0.717, 1.165) is 27.9 Å². The van der Waals surface area contributed by atoms with E-state index in [4.69, 9.17) is 5.41 Å². The first-order valence-electron chi connectivity index (χ1n) is 4.66. The molecule has 2 heterocycles. The SMILES string of the molecule is C=Cc1c(C)nc2cccnc2c1C=N. The van der Waals surface area contributed by atoms with Crippen LogP contribution in [-0.4, -0.2) is 16.2 Å². The molecular weight excluding hydrogens is 186 g/mol. The van der Waals surface area contributed by atoms with Gasteiger partial charge in [-0.2, -0.15) is 0 Å². The maximum Gasteiger partial charge on any atom is 0.0980 e. The number of fused-ring (bicyclic) bond motifs is 1. The average Bonchev–Trinajstić information content (AvgIpc) is 2.27. The van der Waals surface area contributed by atoms with E-state index in [0.29, 0.717) is 0 Å². The Hall–Kier alpha value is -2.03. The van der Waals surface area contributed by atoms with Crippen molar-refractivity contribution in [2.75, 3.05) is 0 Å². The highest BCUT2D eigenvalue weighted by molar-refractivity contribution is 5.98. The minimum Gasteiger partial charge on any atom is -0.308 e. The Morgan fingerprint density at radius 1 is 1.40 bits per heavy atom. The molecule has 0 spiro atoms. The van der Waals surface area contributed by atoms with E-state index in [1.165, 1.54) is 6.21 Å². The smallest absolute Gasteiger partial charge is 0.0980 e. The first-order valence-corrected chi connectivity index (χ1v) is 4.66. The summed E-state index contributed by atoms with van der Waals surface area (Å²) < 4.78 is 0. The molecule has 0 saturated heterocycles. The minimum atomic E-state index is 0.757. The molecule has 3 nitrogen and oxygen atoms in total. The first kappa shape index (κ1) is 9.52. The number of hydrogen-bond acceptors (Lipinski definition) is 3. The second-order valence-electron chi connectivity index (χ2n) is 3.24. The van der Waals surface area contributed by atoms with Gasteiger partial charge in [0.25, 0.3) is 0 Å². The van der Waals surface area contributed by atoms with Crippen molar-refractivity contribution in [2.45, 2.75) is 6.92 Å². The fourth-order valence-corrected chi connectivity index (χ4v) is 1.66. The van der Waals surface area contributed by atoms with Gasteiger partial charge in [0.2, 0.25) is 0 Å². The summed E-state index contributed by atoms with van der Waals surface area (Å²) in [7, 11) is 0. The number of aryl methyl sites for hydroxylation is 1. The van der Waals surface area contributed by atoms with Gasteiger partial charge in [0.15, 0.2) is 0 Å². The zero-order valence-corrected chi connectivity index (χ0v) is 8.49. The third kappa shape index (κ3) is 1.42. The van der Waals surface area contributed by atoms with Gasteiger partial charge in [0.1, 0.15) is 0 Å². The standard InChI is InChI=1S/C12H11N3/c1-3-9-8(2)15-11-5-4-6-14-12(11)10(9)7-13/h3-7,13H,1H2,2H3. The predicted molar refractivity (Wildman–Crippen MR) is 62.3 cm³/mol. The van der Waals surface area contributed by atoms with Crippen LogP contribution < -0.4 is 0 Å². The van der Waals surface area contributed by atoms with Crippen molar-refractivity contribution in [2.24, 2.45) is 0 Å². The van der Waals surface area contributed by atoms with Gasteiger partial charge in [0, 0.05) is 29.2 Å². The molecule has 15 heavy (non-hydrogen) atoms. The Balaban J connectivity index is 2.97. The molecular formula is C12H11N3. The summed E-state index contributed by atoms with van der Waals surface area (Å²) in [6.07, 6.45) is 4.73. The van der Waals surface area contributed by atoms with Crippen LogP contribution in [0.25, 0.3) is 17.1 Å². The molecule has 0 aliphatic heterocycles. The van der Waals surface area contributed by atoms with E-state index in [2.05, 4.69) is 16.5 Å². The first-order chi connectivity index (χ1) is 7.27. The van der Waals surface area contributed by atoms with Crippen LogP contribution in [0.3, 0.4) is 0 Å². The van der Waals surface area contributed by atoms with E-state index in [9.17, 15) is 0 Å². The number of aromatic nitrogens is 2.